The molecule has 80 heavy (non-hydrogen) atoms. The molecule has 1 heterocycles. The fraction of sp³-hybridized carbons (Fsp3) is 1.00. The van der Waals surface area contributed by atoms with E-state index in [0.717, 1.165) is 130 Å². The van der Waals surface area contributed by atoms with E-state index in [4.69, 9.17) is 5.73 Å². The van der Waals surface area contributed by atoms with Crippen LogP contribution in [0.15, 0.2) is 0 Å². The Morgan fingerprint density at radius 2 is 0.487 bits per heavy atom. The van der Waals surface area contributed by atoms with E-state index < -0.39 is 0 Å². The number of nitrogens with zero attached hydrogens (tertiary/aromatic N) is 5. The number of unbranched alkanes of at least 4 members (excludes halogenated alkanes) is 35. The highest BCUT2D eigenvalue weighted by Crippen LogP contribution is 2.18. The molecular formula is C70H146N6O4. The lowest BCUT2D eigenvalue weighted by molar-refractivity contribution is 0.0469. The van der Waals surface area contributed by atoms with Crippen LogP contribution in [-0.4, -0.2) is 174 Å². The van der Waals surface area contributed by atoms with Gasteiger partial charge in [0, 0.05) is 104 Å². The predicted octanol–water partition coefficient (Wildman–Crippen LogP) is 15.9. The molecule has 0 bridgehead atoms. The summed E-state index contributed by atoms with van der Waals surface area (Å²) in [5.41, 5.74) is 6.94. The van der Waals surface area contributed by atoms with Gasteiger partial charge in [0.2, 0.25) is 0 Å². The van der Waals surface area contributed by atoms with Crippen LogP contribution in [0.2, 0.25) is 0 Å². The number of aliphatic hydroxyl groups excluding tert-OH is 4. The Morgan fingerprint density at radius 1 is 0.275 bits per heavy atom. The van der Waals surface area contributed by atoms with Crippen LogP contribution in [0.4, 0.5) is 0 Å². The van der Waals surface area contributed by atoms with E-state index in [-0.39, 0.29) is 30.5 Å². The fourth-order valence-corrected chi connectivity index (χ4v) is 12.5. The Bertz CT molecular complexity index is 1160. The summed E-state index contributed by atoms with van der Waals surface area (Å²) in [5.74, 6) is 0. The van der Waals surface area contributed by atoms with Crippen molar-refractivity contribution in [1.82, 2.24) is 24.5 Å². The van der Waals surface area contributed by atoms with Crippen molar-refractivity contribution in [2.75, 3.05) is 98.2 Å². The molecule has 0 aliphatic carbocycles. The highest BCUT2D eigenvalue weighted by atomic mass is 16.3. The van der Waals surface area contributed by atoms with Gasteiger partial charge in [-0.15, -0.1) is 0 Å². The Balaban J connectivity index is 2.94. The van der Waals surface area contributed by atoms with Crippen LogP contribution in [0.5, 0.6) is 0 Å². The molecule has 480 valence electrons. The van der Waals surface area contributed by atoms with Crippen molar-refractivity contribution in [3.05, 3.63) is 0 Å². The zero-order valence-electron chi connectivity index (χ0n) is 54.9. The molecule has 0 spiro atoms. The Kier molecular flexibility index (Phi) is 57.2. The first-order valence-electron chi connectivity index (χ1n) is 36.2. The molecule has 5 atom stereocenters. The van der Waals surface area contributed by atoms with Crippen LogP contribution in [0.3, 0.4) is 0 Å². The van der Waals surface area contributed by atoms with E-state index >= 15 is 0 Å². The third-order valence-electron chi connectivity index (χ3n) is 18.0. The summed E-state index contributed by atoms with van der Waals surface area (Å²) in [6.45, 7) is 24.7. The third-order valence-corrected chi connectivity index (χ3v) is 18.0. The second-order valence-electron chi connectivity index (χ2n) is 26.2. The van der Waals surface area contributed by atoms with Crippen molar-refractivity contribution in [2.24, 2.45) is 5.73 Å². The zero-order chi connectivity index (χ0) is 58.2. The van der Waals surface area contributed by atoms with Gasteiger partial charge in [-0.2, -0.15) is 0 Å². The monoisotopic (exact) mass is 1140 g/mol. The van der Waals surface area contributed by atoms with Crippen LogP contribution in [0, 0.1) is 0 Å². The van der Waals surface area contributed by atoms with Crippen molar-refractivity contribution in [1.29, 1.82) is 0 Å². The fourth-order valence-electron chi connectivity index (χ4n) is 12.5. The van der Waals surface area contributed by atoms with Crippen molar-refractivity contribution in [3.63, 3.8) is 0 Å². The first-order valence-corrected chi connectivity index (χ1v) is 36.2. The highest BCUT2D eigenvalue weighted by Gasteiger charge is 2.23. The first kappa shape index (κ1) is 77.6. The van der Waals surface area contributed by atoms with Crippen molar-refractivity contribution < 1.29 is 20.4 Å². The maximum Gasteiger partial charge on any atom is 0.0667 e. The Morgan fingerprint density at radius 3 is 0.775 bits per heavy atom. The van der Waals surface area contributed by atoms with Gasteiger partial charge in [-0.05, 0) is 32.1 Å². The van der Waals surface area contributed by atoms with E-state index in [1.807, 2.05) is 0 Å². The Labute approximate surface area is 500 Å². The molecule has 0 aromatic rings. The first-order chi connectivity index (χ1) is 39.1. The van der Waals surface area contributed by atoms with E-state index in [2.05, 4.69) is 59.1 Å². The molecule has 1 aliphatic rings. The van der Waals surface area contributed by atoms with Gasteiger partial charge in [-0.1, -0.05) is 291 Å². The number of hydrogen-bond donors (Lipinski definition) is 5. The van der Waals surface area contributed by atoms with Gasteiger partial charge >= 0.3 is 0 Å². The minimum Gasteiger partial charge on any atom is -0.392 e. The molecule has 1 saturated heterocycles. The highest BCUT2D eigenvalue weighted by molar-refractivity contribution is 4.79. The van der Waals surface area contributed by atoms with Crippen LogP contribution in [-0.2, 0) is 0 Å². The number of piperazine rings is 1. The van der Waals surface area contributed by atoms with Gasteiger partial charge in [0.15, 0.2) is 0 Å². The Hall–Kier alpha value is -0.400. The standard InChI is InChI=1S/C70H146N6O4/c1-6-11-16-21-26-31-36-41-46-66(71)61-75(63-68(78)48-43-38-33-28-23-18-13-8-3)60-58-74(62-67(77)47-42-37-32-27-22-17-12-7-2)57-55-72-51-53-73(54-52-72)56-59-76(64-69(79)49-44-39-34-29-24-19-14-9-4)65-70(80)50-45-40-35-30-25-20-15-10-5/h66-70,77-80H,6-65,71H2,1-5H3. The number of rotatable bonds is 64. The molecule has 1 rings (SSSR count). The lowest BCUT2D eigenvalue weighted by atomic mass is 10.0. The molecule has 0 amide bonds. The van der Waals surface area contributed by atoms with Gasteiger partial charge in [0.1, 0.15) is 0 Å². The summed E-state index contributed by atoms with van der Waals surface area (Å²) in [4.78, 5) is 12.7. The summed E-state index contributed by atoms with van der Waals surface area (Å²) >= 11 is 0. The molecule has 10 nitrogen and oxygen atoms in total. The minimum absolute atomic E-state index is 0.115. The lowest BCUT2D eigenvalue weighted by Gasteiger charge is -2.37. The van der Waals surface area contributed by atoms with Gasteiger partial charge < -0.3 is 26.2 Å². The van der Waals surface area contributed by atoms with E-state index in [9.17, 15) is 20.4 Å². The van der Waals surface area contributed by atoms with E-state index in [1.165, 1.54) is 231 Å². The predicted molar refractivity (Wildman–Crippen MR) is 350 cm³/mol. The summed E-state index contributed by atoms with van der Waals surface area (Å²) in [7, 11) is 0. The quantitative estimate of drug-likeness (QED) is 0.0376. The number of aliphatic hydroxyl groups is 4. The molecule has 5 unspecified atom stereocenters. The molecule has 0 aromatic carbocycles. The van der Waals surface area contributed by atoms with Crippen LogP contribution >= 0.6 is 0 Å². The number of nitrogens with two attached hydrogens (primary N) is 1. The van der Waals surface area contributed by atoms with Gasteiger partial charge in [-0.25, -0.2) is 0 Å². The summed E-state index contributed by atoms with van der Waals surface area (Å²) < 4.78 is 0. The molecular weight excluding hydrogens is 989 g/mol. The SMILES string of the molecule is CCCCCCCCCCC(N)CN(CCN(CCN1CCN(CCN(CC(O)CCCCCCCCCC)CC(O)CCCCCCCCCC)CC1)CC(O)CCCCCCCCCC)CC(O)CCCCCCCCCC. The summed E-state index contributed by atoms with van der Waals surface area (Å²) in [6, 6.07) is 0.115. The van der Waals surface area contributed by atoms with Crippen LogP contribution < -0.4 is 5.73 Å². The molecule has 1 fully saturated rings. The van der Waals surface area contributed by atoms with Crippen LogP contribution in [0.1, 0.15) is 324 Å². The maximum atomic E-state index is 11.6. The molecule has 0 saturated carbocycles. The topological polar surface area (TPSA) is 123 Å². The second kappa shape index (κ2) is 59.0. The van der Waals surface area contributed by atoms with Gasteiger partial charge in [0.25, 0.3) is 0 Å². The molecule has 10 heteroatoms. The van der Waals surface area contributed by atoms with E-state index in [0.29, 0.717) is 26.2 Å². The molecule has 6 N–H and O–H groups in total. The normalized spacial score (nSPS) is 15.7. The van der Waals surface area contributed by atoms with Crippen molar-refractivity contribution in [2.45, 2.75) is 354 Å². The zero-order valence-corrected chi connectivity index (χ0v) is 54.9. The molecule has 0 aromatic heterocycles. The largest absolute Gasteiger partial charge is 0.392 e. The van der Waals surface area contributed by atoms with Gasteiger partial charge in [0.05, 0.1) is 24.4 Å². The second-order valence-corrected chi connectivity index (χ2v) is 26.2. The molecule has 0 radical (unpaired) electrons. The minimum atomic E-state index is -0.336. The summed E-state index contributed by atoms with van der Waals surface area (Å²) in [5, 5.41) is 45.6. The smallest absolute Gasteiger partial charge is 0.0667 e. The third kappa shape index (κ3) is 50.9. The average molecular weight is 1140 g/mol. The van der Waals surface area contributed by atoms with Gasteiger partial charge in [-0.3, -0.25) is 24.5 Å². The average Bonchev–Trinajstić information content (AvgIpc) is 3.45. The van der Waals surface area contributed by atoms with E-state index in [1.54, 1.807) is 0 Å². The lowest BCUT2D eigenvalue weighted by Crippen LogP contribution is -2.51. The summed E-state index contributed by atoms with van der Waals surface area (Å²) in [6.07, 6.45) is 54.7. The maximum absolute atomic E-state index is 11.6. The van der Waals surface area contributed by atoms with Crippen molar-refractivity contribution >= 4 is 0 Å². The van der Waals surface area contributed by atoms with Crippen LogP contribution in [0.25, 0.3) is 0 Å². The number of hydrogen-bond acceptors (Lipinski definition) is 10. The molecule has 1 aliphatic heterocycles. The van der Waals surface area contributed by atoms with Crippen molar-refractivity contribution in [3.8, 4) is 0 Å².